The van der Waals surface area contributed by atoms with E-state index in [2.05, 4.69) is 32.2 Å². The van der Waals surface area contributed by atoms with Gasteiger partial charge in [-0.25, -0.2) is 0 Å². The van der Waals surface area contributed by atoms with Gasteiger partial charge in [-0.05, 0) is 25.5 Å². The molecule has 0 aromatic heterocycles. The van der Waals surface area contributed by atoms with E-state index in [-0.39, 0.29) is 16.3 Å². The second kappa shape index (κ2) is 10.9. The Morgan fingerprint density at radius 3 is 1.71 bits per heavy atom. The molecule has 0 aliphatic carbocycles. The van der Waals surface area contributed by atoms with Crippen molar-refractivity contribution in [2.24, 2.45) is 0 Å². The third-order valence-corrected chi connectivity index (χ3v) is 4.04. The van der Waals surface area contributed by atoms with E-state index < -0.39 is 7.32 Å². The molecule has 3 nitrogen and oxygen atoms in total. The lowest BCUT2D eigenvalue weighted by molar-refractivity contribution is 0.0677. The van der Waals surface area contributed by atoms with Crippen molar-refractivity contribution in [2.45, 2.75) is 56.3 Å². The van der Waals surface area contributed by atoms with E-state index in [4.69, 9.17) is 14.0 Å². The minimum Gasteiger partial charge on any atom is -0.374 e. The van der Waals surface area contributed by atoms with Crippen molar-refractivity contribution in [3.63, 3.8) is 0 Å². The first-order chi connectivity index (χ1) is 8.07. The summed E-state index contributed by atoms with van der Waals surface area (Å²) in [5.41, 5.74) is -0.303. The van der Waals surface area contributed by atoms with Crippen molar-refractivity contribution in [1.29, 1.82) is 0 Å². The minimum atomic E-state index is -0.697. The van der Waals surface area contributed by atoms with Crippen LogP contribution >= 0.6 is 37.0 Å². The van der Waals surface area contributed by atoms with Gasteiger partial charge in [0, 0.05) is 0 Å². The smallest absolute Gasteiger partial charge is 0.374 e. The minimum absolute atomic E-state index is 0.0646. The van der Waals surface area contributed by atoms with E-state index in [0.29, 0.717) is 0 Å². The van der Waals surface area contributed by atoms with E-state index in [1.54, 1.807) is 11.8 Å². The highest BCUT2D eigenvalue weighted by molar-refractivity contribution is 7.99. The fourth-order valence-corrected chi connectivity index (χ4v) is 1.72. The van der Waals surface area contributed by atoms with Gasteiger partial charge >= 0.3 is 7.32 Å². The van der Waals surface area contributed by atoms with E-state index >= 15 is 0 Å². The Labute approximate surface area is 121 Å². The molecule has 7 heteroatoms. The maximum Gasteiger partial charge on any atom is 0.641 e. The molecular formula is C10H23BO3S3. The second-order valence-electron chi connectivity index (χ2n) is 3.50. The SMILES string of the molecule is CCC(S)OB(OC(S)CC)OC(CC)SC. The highest BCUT2D eigenvalue weighted by Gasteiger charge is 2.29. The number of hydrogen-bond acceptors (Lipinski definition) is 6. The zero-order chi connectivity index (χ0) is 13.3. The average molecular weight is 298 g/mol. The quantitative estimate of drug-likeness (QED) is 0.367. The molecule has 0 fully saturated rings. The summed E-state index contributed by atoms with van der Waals surface area (Å²) in [6.07, 6.45) is 4.50. The van der Waals surface area contributed by atoms with Crippen molar-refractivity contribution >= 4 is 44.3 Å². The fraction of sp³-hybridized carbons (Fsp3) is 1.00. The van der Waals surface area contributed by atoms with E-state index in [1.165, 1.54) is 0 Å². The van der Waals surface area contributed by atoms with Crippen LogP contribution < -0.4 is 0 Å². The third kappa shape index (κ3) is 8.67. The molecule has 0 aromatic carbocycles. The molecule has 0 radical (unpaired) electrons. The van der Waals surface area contributed by atoms with Gasteiger partial charge in [0.15, 0.2) is 0 Å². The Balaban J connectivity index is 4.27. The molecule has 0 saturated heterocycles. The summed E-state index contributed by atoms with van der Waals surface area (Å²) in [6, 6.07) is 0. The summed E-state index contributed by atoms with van der Waals surface area (Å²) in [7, 11) is -0.697. The molecule has 102 valence electrons. The Morgan fingerprint density at radius 2 is 1.41 bits per heavy atom. The van der Waals surface area contributed by atoms with Gasteiger partial charge in [-0.3, -0.25) is 0 Å². The molecule has 0 aliphatic rings. The highest BCUT2D eigenvalue weighted by Crippen LogP contribution is 2.18. The molecule has 0 bridgehead atoms. The summed E-state index contributed by atoms with van der Waals surface area (Å²) >= 11 is 10.2. The first kappa shape index (κ1) is 18.0. The molecule has 0 aliphatic heterocycles. The lowest BCUT2D eigenvalue weighted by Gasteiger charge is -2.23. The van der Waals surface area contributed by atoms with Crippen molar-refractivity contribution in [2.75, 3.05) is 6.26 Å². The molecule has 0 N–H and O–H groups in total. The van der Waals surface area contributed by atoms with Gasteiger partial charge in [-0.2, -0.15) is 0 Å². The van der Waals surface area contributed by atoms with Crippen LogP contribution in [0.2, 0.25) is 0 Å². The zero-order valence-corrected chi connectivity index (χ0v) is 13.6. The van der Waals surface area contributed by atoms with E-state index in [1.807, 2.05) is 20.1 Å². The van der Waals surface area contributed by atoms with Crippen LogP contribution in [0.3, 0.4) is 0 Å². The highest BCUT2D eigenvalue weighted by atomic mass is 32.2. The molecule has 0 amide bonds. The van der Waals surface area contributed by atoms with Gasteiger partial charge in [0.05, 0.1) is 16.3 Å². The maximum atomic E-state index is 5.71. The molecule has 3 atom stereocenters. The summed E-state index contributed by atoms with van der Waals surface area (Å²) in [5.74, 6) is 0. The van der Waals surface area contributed by atoms with Crippen LogP contribution in [0.5, 0.6) is 0 Å². The maximum absolute atomic E-state index is 5.71. The summed E-state index contributed by atoms with van der Waals surface area (Å²) in [6.45, 7) is 6.06. The van der Waals surface area contributed by atoms with Gasteiger partial charge in [0.25, 0.3) is 0 Å². The number of rotatable bonds is 10. The van der Waals surface area contributed by atoms with Crippen molar-refractivity contribution in [3.05, 3.63) is 0 Å². The van der Waals surface area contributed by atoms with Crippen LogP contribution in [0.1, 0.15) is 40.0 Å². The molecule has 3 unspecified atom stereocenters. The first-order valence-corrected chi connectivity index (χ1v) is 8.24. The van der Waals surface area contributed by atoms with E-state index in [9.17, 15) is 0 Å². The van der Waals surface area contributed by atoms with Crippen LogP contribution in [0.4, 0.5) is 0 Å². The Bertz CT molecular complexity index is 172. The number of hydrogen-bond donors (Lipinski definition) is 2. The Morgan fingerprint density at radius 1 is 0.941 bits per heavy atom. The third-order valence-electron chi connectivity index (χ3n) is 2.09. The predicted octanol–water partition coefficient (Wildman–Crippen LogP) is 3.45. The van der Waals surface area contributed by atoms with Crippen molar-refractivity contribution in [1.82, 2.24) is 0 Å². The lowest BCUT2D eigenvalue weighted by atomic mass is 10.2. The fourth-order valence-electron chi connectivity index (χ4n) is 0.988. The average Bonchev–Trinajstić information content (AvgIpc) is 2.34. The largest absolute Gasteiger partial charge is 0.641 e. The summed E-state index contributed by atoms with van der Waals surface area (Å²) in [5, 5.41) is 0. The van der Waals surface area contributed by atoms with Crippen molar-refractivity contribution < 1.29 is 14.0 Å². The predicted molar refractivity (Wildman–Crippen MR) is 82.7 cm³/mol. The van der Waals surface area contributed by atoms with Gasteiger partial charge in [0.1, 0.15) is 0 Å². The Kier molecular flexibility index (Phi) is 11.5. The van der Waals surface area contributed by atoms with Crippen molar-refractivity contribution in [3.8, 4) is 0 Å². The summed E-state index contributed by atoms with van der Waals surface area (Å²) in [4.78, 5) is 0. The van der Waals surface area contributed by atoms with Crippen LogP contribution in [0.15, 0.2) is 0 Å². The van der Waals surface area contributed by atoms with Gasteiger partial charge in [-0.15, -0.1) is 37.0 Å². The van der Waals surface area contributed by atoms with Gasteiger partial charge < -0.3 is 14.0 Å². The van der Waals surface area contributed by atoms with E-state index in [0.717, 1.165) is 19.3 Å². The van der Waals surface area contributed by atoms with Gasteiger partial charge in [-0.1, -0.05) is 20.8 Å². The van der Waals surface area contributed by atoms with Crippen LogP contribution in [-0.2, 0) is 14.0 Å². The number of thioether (sulfide) groups is 1. The molecular weight excluding hydrogens is 275 g/mol. The standard InChI is InChI=1S/C10H23BO3S3/c1-5-8(15)12-11(13-9(16)6-2)14-10(7-3)17-4/h8-10,15-16H,5-7H2,1-4H3. The first-order valence-electron chi connectivity index (χ1n) is 5.92. The normalized spacial score (nSPS) is 16.6. The molecule has 0 aromatic rings. The molecule has 0 rings (SSSR count). The van der Waals surface area contributed by atoms with Crippen LogP contribution in [-0.4, -0.2) is 29.9 Å². The number of thiol groups is 2. The topological polar surface area (TPSA) is 27.7 Å². The Hall–Kier alpha value is 0.995. The summed E-state index contributed by atoms with van der Waals surface area (Å²) < 4.78 is 16.8. The van der Waals surface area contributed by atoms with Gasteiger partial charge in [0.2, 0.25) is 0 Å². The molecule has 0 saturated carbocycles. The second-order valence-corrected chi connectivity index (χ2v) is 5.65. The molecule has 0 heterocycles. The zero-order valence-electron chi connectivity index (χ0n) is 11.0. The molecule has 17 heavy (non-hydrogen) atoms. The lowest BCUT2D eigenvalue weighted by Crippen LogP contribution is -2.35. The monoisotopic (exact) mass is 298 g/mol. The van der Waals surface area contributed by atoms with Crippen LogP contribution in [0, 0.1) is 0 Å². The van der Waals surface area contributed by atoms with Crippen LogP contribution in [0.25, 0.3) is 0 Å². The molecule has 0 spiro atoms.